The number of hydrogen-bond donors (Lipinski definition) is 0. The standard InChI is InChI=1S/C22H29N3O3S2/c1-23(2)30(26,27)18-7-8-21-19(15-18)20(25-11-9-24(3)10-12-25)13-16-5-6-17(28-4)14-22(16)29-21/h5-8,14-15,20H,9-13H2,1-4H3. The van der Waals surface area contributed by atoms with Gasteiger partial charge in [-0.05, 0) is 54.9 Å². The molecule has 2 aliphatic heterocycles. The first kappa shape index (κ1) is 21.6. The Kier molecular flexibility index (Phi) is 6.14. The fraction of sp³-hybridized carbons (Fsp3) is 0.455. The third-order valence-corrected chi connectivity index (χ3v) is 9.01. The van der Waals surface area contributed by atoms with Crippen molar-refractivity contribution in [3.8, 4) is 5.75 Å². The zero-order valence-corrected chi connectivity index (χ0v) is 19.6. The normalized spacial score (nSPS) is 20.5. The van der Waals surface area contributed by atoms with Crippen molar-refractivity contribution in [3.63, 3.8) is 0 Å². The minimum Gasteiger partial charge on any atom is -0.497 e. The van der Waals surface area contributed by atoms with Crippen LogP contribution in [0, 0.1) is 0 Å². The van der Waals surface area contributed by atoms with E-state index in [1.807, 2.05) is 18.2 Å². The van der Waals surface area contributed by atoms with Gasteiger partial charge in [-0.2, -0.15) is 0 Å². The number of nitrogens with zero attached hydrogens (tertiary/aromatic N) is 3. The number of benzene rings is 2. The fourth-order valence-corrected chi connectivity index (χ4v) is 6.15. The quantitative estimate of drug-likeness (QED) is 0.718. The molecule has 1 saturated heterocycles. The Morgan fingerprint density at radius 1 is 1.03 bits per heavy atom. The summed E-state index contributed by atoms with van der Waals surface area (Å²) in [5.74, 6) is 0.840. The van der Waals surface area contributed by atoms with Crippen molar-refractivity contribution in [2.75, 3.05) is 54.4 Å². The van der Waals surface area contributed by atoms with Gasteiger partial charge < -0.3 is 9.64 Å². The predicted molar refractivity (Wildman–Crippen MR) is 120 cm³/mol. The zero-order valence-electron chi connectivity index (χ0n) is 18.0. The van der Waals surface area contributed by atoms with Crippen molar-refractivity contribution in [1.82, 2.24) is 14.1 Å². The highest BCUT2D eigenvalue weighted by Crippen LogP contribution is 2.44. The summed E-state index contributed by atoms with van der Waals surface area (Å²) >= 11 is 1.70. The Balaban J connectivity index is 1.81. The molecule has 1 fully saturated rings. The van der Waals surface area contributed by atoms with Gasteiger partial charge in [0.05, 0.1) is 12.0 Å². The molecule has 8 heteroatoms. The molecule has 2 aliphatic rings. The van der Waals surface area contributed by atoms with E-state index in [1.54, 1.807) is 39.0 Å². The lowest BCUT2D eigenvalue weighted by atomic mass is 9.96. The number of fused-ring (bicyclic) bond motifs is 2. The molecule has 0 amide bonds. The molecule has 0 bridgehead atoms. The fourth-order valence-electron chi connectivity index (χ4n) is 4.07. The van der Waals surface area contributed by atoms with Crippen LogP contribution >= 0.6 is 11.8 Å². The van der Waals surface area contributed by atoms with Crippen LogP contribution in [0.5, 0.6) is 5.75 Å². The largest absolute Gasteiger partial charge is 0.497 e. The maximum Gasteiger partial charge on any atom is 0.242 e. The van der Waals surface area contributed by atoms with E-state index >= 15 is 0 Å². The molecule has 1 atom stereocenters. The van der Waals surface area contributed by atoms with E-state index in [0.717, 1.165) is 48.8 Å². The molecule has 4 rings (SSSR count). The summed E-state index contributed by atoms with van der Waals surface area (Å²) in [6, 6.07) is 12.0. The van der Waals surface area contributed by atoms with Gasteiger partial charge in [0.15, 0.2) is 0 Å². The number of methoxy groups -OCH3 is 1. The van der Waals surface area contributed by atoms with Crippen LogP contribution in [0.25, 0.3) is 0 Å². The minimum atomic E-state index is -3.49. The molecule has 2 aromatic rings. The summed E-state index contributed by atoms with van der Waals surface area (Å²) in [6.07, 6.45) is 0.856. The lowest BCUT2D eigenvalue weighted by molar-refractivity contribution is 0.109. The molecule has 0 radical (unpaired) electrons. The van der Waals surface area contributed by atoms with Gasteiger partial charge in [-0.3, -0.25) is 4.90 Å². The first-order valence-corrected chi connectivity index (χ1v) is 12.4. The number of sulfonamides is 1. The second-order valence-electron chi connectivity index (χ2n) is 8.12. The van der Waals surface area contributed by atoms with E-state index in [4.69, 9.17) is 4.74 Å². The molecule has 2 heterocycles. The maximum atomic E-state index is 12.8. The lowest BCUT2D eigenvalue weighted by Gasteiger charge is -2.38. The summed E-state index contributed by atoms with van der Waals surface area (Å²) in [4.78, 5) is 7.49. The van der Waals surface area contributed by atoms with Gasteiger partial charge in [0.25, 0.3) is 0 Å². The van der Waals surface area contributed by atoms with E-state index in [9.17, 15) is 8.42 Å². The monoisotopic (exact) mass is 447 g/mol. The Morgan fingerprint density at radius 2 is 1.77 bits per heavy atom. The van der Waals surface area contributed by atoms with Crippen LogP contribution < -0.4 is 4.74 Å². The number of hydrogen-bond acceptors (Lipinski definition) is 6. The van der Waals surface area contributed by atoms with Crippen molar-refractivity contribution >= 4 is 21.8 Å². The number of ether oxygens (including phenoxy) is 1. The van der Waals surface area contributed by atoms with E-state index in [0.29, 0.717) is 4.90 Å². The zero-order chi connectivity index (χ0) is 21.5. The van der Waals surface area contributed by atoms with Crippen molar-refractivity contribution in [2.24, 2.45) is 0 Å². The summed E-state index contributed by atoms with van der Waals surface area (Å²) in [5, 5.41) is 0. The second-order valence-corrected chi connectivity index (χ2v) is 11.4. The highest BCUT2D eigenvalue weighted by atomic mass is 32.2. The van der Waals surface area contributed by atoms with Crippen molar-refractivity contribution in [1.29, 1.82) is 0 Å². The van der Waals surface area contributed by atoms with Gasteiger partial charge in [-0.1, -0.05) is 17.8 Å². The number of rotatable bonds is 4. The average Bonchev–Trinajstić information content (AvgIpc) is 2.89. The van der Waals surface area contributed by atoms with E-state index < -0.39 is 10.0 Å². The smallest absolute Gasteiger partial charge is 0.242 e. The summed E-state index contributed by atoms with van der Waals surface area (Å²) in [5.41, 5.74) is 2.38. The third kappa shape index (κ3) is 4.11. The Labute approximate surface area is 183 Å². The molecule has 0 spiro atoms. The topological polar surface area (TPSA) is 53.1 Å². The van der Waals surface area contributed by atoms with Crippen LogP contribution in [-0.2, 0) is 16.4 Å². The van der Waals surface area contributed by atoms with Crippen molar-refractivity contribution in [2.45, 2.75) is 27.1 Å². The van der Waals surface area contributed by atoms with Crippen LogP contribution in [0.1, 0.15) is 17.2 Å². The summed E-state index contributed by atoms with van der Waals surface area (Å²) in [6.45, 7) is 3.98. The van der Waals surface area contributed by atoms with Crippen LogP contribution in [0.3, 0.4) is 0 Å². The van der Waals surface area contributed by atoms with Gasteiger partial charge in [0, 0.05) is 56.1 Å². The third-order valence-electron chi connectivity index (χ3n) is 6.00. The molecule has 0 aromatic heterocycles. The molecular formula is C22H29N3O3S2. The number of piperazine rings is 1. The highest BCUT2D eigenvalue weighted by Gasteiger charge is 2.31. The average molecular weight is 448 g/mol. The molecule has 0 aliphatic carbocycles. The van der Waals surface area contributed by atoms with Crippen molar-refractivity contribution in [3.05, 3.63) is 47.5 Å². The first-order chi connectivity index (χ1) is 14.3. The molecule has 2 aromatic carbocycles. The van der Waals surface area contributed by atoms with Crippen molar-refractivity contribution < 1.29 is 13.2 Å². The summed E-state index contributed by atoms with van der Waals surface area (Å²) < 4.78 is 32.3. The maximum absolute atomic E-state index is 12.8. The first-order valence-electron chi connectivity index (χ1n) is 10.1. The Bertz CT molecular complexity index is 1030. The van der Waals surface area contributed by atoms with E-state index in [1.165, 1.54) is 14.8 Å². The van der Waals surface area contributed by atoms with Crippen LogP contribution in [-0.4, -0.2) is 77.0 Å². The van der Waals surface area contributed by atoms with Gasteiger partial charge >= 0.3 is 0 Å². The molecule has 30 heavy (non-hydrogen) atoms. The van der Waals surface area contributed by atoms with Crippen LogP contribution in [0.2, 0.25) is 0 Å². The Morgan fingerprint density at radius 3 is 2.43 bits per heavy atom. The van der Waals surface area contributed by atoms with Gasteiger partial charge in [-0.25, -0.2) is 12.7 Å². The van der Waals surface area contributed by atoms with Crippen LogP contribution in [0.15, 0.2) is 51.1 Å². The molecule has 0 N–H and O–H groups in total. The van der Waals surface area contributed by atoms with Gasteiger partial charge in [-0.15, -0.1) is 0 Å². The highest BCUT2D eigenvalue weighted by molar-refractivity contribution is 7.99. The lowest BCUT2D eigenvalue weighted by Crippen LogP contribution is -2.46. The second kappa shape index (κ2) is 8.51. The number of likely N-dealkylation sites (N-methyl/N-ethyl adjacent to an activating group) is 1. The molecule has 162 valence electrons. The predicted octanol–water partition coefficient (Wildman–Crippen LogP) is 2.94. The molecular weight excluding hydrogens is 418 g/mol. The van der Waals surface area contributed by atoms with E-state index in [-0.39, 0.29) is 6.04 Å². The molecule has 6 nitrogen and oxygen atoms in total. The van der Waals surface area contributed by atoms with Gasteiger partial charge in [0.1, 0.15) is 5.75 Å². The van der Waals surface area contributed by atoms with Gasteiger partial charge in [0.2, 0.25) is 10.0 Å². The summed E-state index contributed by atoms with van der Waals surface area (Å²) in [7, 11) is 3.51. The Hall–Kier alpha value is -1.58. The molecule has 1 unspecified atom stereocenters. The minimum absolute atomic E-state index is 0.146. The SMILES string of the molecule is COc1ccc2c(c1)Sc1ccc(S(=O)(=O)N(C)C)cc1C(N1CCN(C)CC1)C2. The van der Waals surface area contributed by atoms with Crippen LogP contribution in [0.4, 0.5) is 0 Å². The molecule has 0 saturated carbocycles. The van der Waals surface area contributed by atoms with E-state index in [2.05, 4.69) is 29.0 Å².